The summed E-state index contributed by atoms with van der Waals surface area (Å²) in [4.78, 5) is 20.9. The smallest absolute Gasteiger partial charge is 0.319 e. The molecular formula is C15H20N6O. The SMILES string of the molecule is C[C@@H]1CN(C)CCN1C(=O)Nc1cccnc1-n1cccn1. The molecular weight excluding hydrogens is 280 g/mol. The Morgan fingerprint density at radius 1 is 1.32 bits per heavy atom. The Balaban J connectivity index is 1.77. The highest BCUT2D eigenvalue weighted by molar-refractivity contribution is 5.91. The van der Waals surface area contributed by atoms with Crippen molar-refractivity contribution >= 4 is 11.7 Å². The van der Waals surface area contributed by atoms with Gasteiger partial charge in [0, 0.05) is 44.3 Å². The van der Waals surface area contributed by atoms with Gasteiger partial charge in [-0.2, -0.15) is 5.10 Å². The van der Waals surface area contributed by atoms with Crippen molar-refractivity contribution in [3.63, 3.8) is 0 Å². The van der Waals surface area contributed by atoms with Gasteiger partial charge in [0.1, 0.15) is 0 Å². The Kier molecular flexibility index (Phi) is 4.06. The number of hydrogen-bond donors (Lipinski definition) is 1. The maximum Gasteiger partial charge on any atom is 0.322 e. The molecule has 0 aromatic carbocycles. The highest BCUT2D eigenvalue weighted by Gasteiger charge is 2.26. The van der Waals surface area contributed by atoms with Gasteiger partial charge in [-0.25, -0.2) is 14.5 Å². The summed E-state index contributed by atoms with van der Waals surface area (Å²) in [5, 5.41) is 7.13. The number of aromatic nitrogens is 3. The minimum Gasteiger partial charge on any atom is -0.319 e. The Morgan fingerprint density at radius 3 is 2.91 bits per heavy atom. The number of carbonyl (C=O) groups is 1. The van der Waals surface area contributed by atoms with Gasteiger partial charge < -0.3 is 15.1 Å². The maximum atomic E-state index is 12.5. The van der Waals surface area contributed by atoms with Crippen molar-refractivity contribution in [1.82, 2.24) is 24.6 Å². The number of nitrogens with one attached hydrogen (secondary N) is 1. The molecule has 2 aromatic heterocycles. The van der Waals surface area contributed by atoms with E-state index in [4.69, 9.17) is 0 Å². The van der Waals surface area contributed by atoms with Crippen LogP contribution in [0, 0.1) is 0 Å². The summed E-state index contributed by atoms with van der Waals surface area (Å²) < 4.78 is 1.64. The first-order valence-corrected chi connectivity index (χ1v) is 7.36. The molecule has 3 heterocycles. The third-order valence-corrected chi connectivity index (χ3v) is 3.84. The number of piperazine rings is 1. The van der Waals surface area contributed by atoms with Crippen LogP contribution in [0.3, 0.4) is 0 Å². The number of likely N-dealkylation sites (N-methyl/N-ethyl adjacent to an activating group) is 1. The summed E-state index contributed by atoms with van der Waals surface area (Å²) in [6, 6.07) is 5.55. The van der Waals surface area contributed by atoms with Crippen LogP contribution in [0.25, 0.3) is 5.82 Å². The van der Waals surface area contributed by atoms with Crippen LogP contribution in [-0.4, -0.2) is 63.3 Å². The van der Waals surface area contributed by atoms with Crippen LogP contribution in [0.2, 0.25) is 0 Å². The molecule has 0 unspecified atom stereocenters. The molecule has 116 valence electrons. The van der Waals surface area contributed by atoms with Gasteiger partial charge in [0.05, 0.1) is 5.69 Å². The fourth-order valence-corrected chi connectivity index (χ4v) is 2.70. The van der Waals surface area contributed by atoms with E-state index in [2.05, 4.69) is 34.3 Å². The average molecular weight is 300 g/mol. The second kappa shape index (κ2) is 6.15. The molecule has 7 heteroatoms. The largest absolute Gasteiger partial charge is 0.322 e. The first-order valence-electron chi connectivity index (χ1n) is 7.36. The van der Waals surface area contributed by atoms with E-state index in [0.29, 0.717) is 11.5 Å². The minimum atomic E-state index is -0.0954. The normalized spacial score (nSPS) is 19.2. The molecule has 0 spiro atoms. The number of nitrogens with zero attached hydrogens (tertiary/aromatic N) is 5. The number of rotatable bonds is 2. The highest BCUT2D eigenvalue weighted by atomic mass is 16.2. The molecule has 0 radical (unpaired) electrons. The molecule has 1 saturated heterocycles. The van der Waals surface area contributed by atoms with Crippen LogP contribution >= 0.6 is 0 Å². The zero-order chi connectivity index (χ0) is 15.5. The third kappa shape index (κ3) is 2.94. The fourth-order valence-electron chi connectivity index (χ4n) is 2.70. The number of amides is 2. The van der Waals surface area contributed by atoms with Crippen LogP contribution in [0.1, 0.15) is 6.92 Å². The van der Waals surface area contributed by atoms with E-state index in [1.54, 1.807) is 29.3 Å². The van der Waals surface area contributed by atoms with Crippen molar-refractivity contribution in [1.29, 1.82) is 0 Å². The van der Waals surface area contributed by atoms with Crippen LogP contribution < -0.4 is 5.32 Å². The van der Waals surface area contributed by atoms with Crippen LogP contribution in [0.15, 0.2) is 36.8 Å². The standard InChI is InChI=1S/C15H20N6O/c1-12-11-19(2)9-10-20(12)15(22)18-13-5-3-6-16-14(13)21-8-4-7-17-21/h3-8,12H,9-11H2,1-2H3,(H,18,22)/t12-/m1/s1. The van der Waals surface area contributed by atoms with E-state index in [1.807, 2.05) is 17.0 Å². The van der Waals surface area contributed by atoms with E-state index in [0.717, 1.165) is 19.6 Å². The molecule has 1 atom stereocenters. The van der Waals surface area contributed by atoms with Crippen molar-refractivity contribution in [2.24, 2.45) is 0 Å². The summed E-state index contributed by atoms with van der Waals surface area (Å²) in [7, 11) is 2.07. The molecule has 0 bridgehead atoms. The predicted molar refractivity (Wildman–Crippen MR) is 84.0 cm³/mol. The lowest BCUT2D eigenvalue weighted by Crippen LogP contribution is -2.54. The lowest BCUT2D eigenvalue weighted by molar-refractivity contribution is 0.125. The van der Waals surface area contributed by atoms with Gasteiger partial charge in [-0.1, -0.05) is 0 Å². The summed E-state index contributed by atoms with van der Waals surface area (Å²) in [6.45, 7) is 4.55. The summed E-state index contributed by atoms with van der Waals surface area (Å²) >= 11 is 0. The Labute approximate surface area is 129 Å². The van der Waals surface area contributed by atoms with Crippen molar-refractivity contribution in [3.8, 4) is 5.82 Å². The second-order valence-corrected chi connectivity index (χ2v) is 5.56. The van der Waals surface area contributed by atoms with Crippen molar-refractivity contribution in [2.45, 2.75) is 13.0 Å². The van der Waals surface area contributed by atoms with Crippen molar-refractivity contribution in [3.05, 3.63) is 36.8 Å². The van der Waals surface area contributed by atoms with Gasteiger partial charge in [-0.05, 0) is 32.2 Å². The molecule has 3 rings (SSSR count). The average Bonchev–Trinajstić information content (AvgIpc) is 3.01. The van der Waals surface area contributed by atoms with Gasteiger partial charge in [0.15, 0.2) is 5.82 Å². The quantitative estimate of drug-likeness (QED) is 0.911. The zero-order valence-corrected chi connectivity index (χ0v) is 12.8. The summed E-state index contributed by atoms with van der Waals surface area (Å²) in [6.07, 6.45) is 5.17. The Bertz CT molecular complexity index is 641. The van der Waals surface area contributed by atoms with Gasteiger partial charge in [-0.15, -0.1) is 0 Å². The second-order valence-electron chi connectivity index (χ2n) is 5.56. The van der Waals surface area contributed by atoms with Crippen LogP contribution in [-0.2, 0) is 0 Å². The van der Waals surface area contributed by atoms with E-state index in [9.17, 15) is 4.79 Å². The van der Waals surface area contributed by atoms with Gasteiger partial charge >= 0.3 is 6.03 Å². The third-order valence-electron chi connectivity index (χ3n) is 3.84. The summed E-state index contributed by atoms with van der Waals surface area (Å²) in [5.41, 5.74) is 0.655. The van der Waals surface area contributed by atoms with E-state index >= 15 is 0 Å². The van der Waals surface area contributed by atoms with Gasteiger partial charge in [0.2, 0.25) is 0 Å². The molecule has 1 fully saturated rings. The number of hydrogen-bond acceptors (Lipinski definition) is 4. The van der Waals surface area contributed by atoms with Crippen molar-refractivity contribution in [2.75, 3.05) is 32.0 Å². The number of carbonyl (C=O) groups excluding carboxylic acids is 1. The number of anilines is 1. The minimum absolute atomic E-state index is 0.0954. The molecule has 22 heavy (non-hydrogen) atoms. The highest BCUT2D eigenvalue weighted by Crippen LogP contribution is 2.18. The predicted octanol–water partition coefficient (Wildman–Crippen LogP) is 1.44. The maximum absolute atomic E-state index is 12.5. The first-order chi connectivity index (χ1) is 10.6. The molecule has 1 N–H and O–H groups in total. The molecule has 1 aliphatic rings. The number of pyridine rings is 1. The van der Waals surface area contributed by atoms with Gasteiger partial charge in [-0.3, -0.25) is 0 Å². The topological polar surface area (TPSA) is 66.3 Å². The molecule has 2 aromatic rings. The molecule has 0 saturated carbocycles. The molecule has 7 nitrogen and oxygen atoms in total. The van der Waals surface area contributed by atoms with E-state index < -0.39 is 0 Å². The van der Waals surface area contributed by atoms with E-state index in [-0.39, 0.29) is 12.1 Å². The Morgan fingerprint density at radius 2 is 2.18 bits per heavy atom. The van der Waals surface area contributed by atoms with Crippen LogP contribution in [0.4, 0.5) is 10.5 Å². The molecule has 0 aliphatic carbocycles. The van der Waals surface area contributed by atoms with Gasteiger partial charge in [0.25, 0.3) is 0 Å². The Hall–Kier alpha value is -2.41. The fraction of sp³-hybridized carbons (Fsp3) is 0.400. The van der Waals surface area contributed by atoms with Crippen LogP contribution in [0.5, 0.6) is 0 Å². The number of urea groups is 1. The lowest BCUT2D eigenvalue weighted by atomic mass is 10.2. The molecule has 2 amide bonds. The lowest BCUT2D eigenvalue weighted by Gasteiger charge is -2.38. The summed E-state index contributed by atoms with van der Waals surface area (Å²) in [5.74, 6) is 0.614. The van der Waals surface area contributed by atoms with E-state index in [1.165, 1.54) is 0 Å². The first kappa shape index (κ1) is 14.5. The molecule has 1 aliphatic heterocycles. The van der Waals surface area contributed by atoms with Crippen molar-refractivity contribution < 1.29 is 4.79 Å². The zero-order valence-electron chi connectivity index (χ0n) is 12.8. The monoisotopic (exact) mass is 300 g/mol.